The molecule has 1 aromatic rings. The molecule has 120 valence electrons. The second kappa shape index (κ2) is 11.6. The lowest BCUT2D eigenvalue weighted by atomic mass is 10.2. The summed E-state index contributed by atoms with van der Waals surface area (Å²) < 4.78 is 5.80. The Kier molecular flexibility index (Phi) is 9.92. The molecule has 1 aromatic carbocycles. The molecule has 0 heterocycles. The average molecular weight is 292 g/mol. The van der Waals surface area contributed by atoms with Crippen molar-refractivity contribution in [1.82, 2.24) is 4.90 Å². The minimum atomic E-state index is 0.587. The molecule has 0 aliphatic rings. The fourth-order valence-electron chi connectivity index (χ4n) is 2.30. The Morgan fingerprint density at radius 1 is 0.905 bits per heavy atom. The van der Waals surface area contributed by atoms with Gasteiger partial charge in [-0.3, -0.25) is 0 Å². The fraction of sp³-hybridized carbons (Fsp3) is 0.667. The summed E-state index contributed by atoms with van der Waals surface area (Å²) in [4.78, 5) is 2.58. The molecule has 0 fully saturated rings. The summed E-state index contributed by atoms with van der Waals surface area (Å²) in [7, 11) is 0. The monoisotopic (exact) mass is 292 g/mol. The van der Waals surface area contributed by atoms with Gasteiger partial charge in [0.2, 0.25) is 0 Å². The molecule has 0 aromatic heterocycles. The van der Waals surface area contributed by atoms with E-state index in [4.69, 9.17) is 10.5 Å². The van der Waals surface area contributed by atoms with Crippen LogP contribution >= 0.6 is 0 Å². The Morgan fingerprint density at radius 2 is 1.48 bits per heavy atom. The van der Waals surface area contributed by atoms with Crippen molar-refractivity contribution in [3.63, 3.8) is 0 Å². The van der Waals surface area contributed by atoms with E-state index < -0.39 is 0 Å². The predicted molar refractivity (Wildman–Crippen MR) is 90.7 cm³/mol. The number of rotatable bonds is 12. The third kappa shape index (κ3) is 8.08. The molecule has 3 nitrogen and oxygen atoms in total. The molecule has 2 N–H and O–H groups in total. The van der Waals surface area contributed by atoms with E-state index in [1.165, 1.54) is 38.8 Å². The van der Waals surface area contributed by atoms with E-state index in [0.29, 0.717) is 6.54 Å². The maximum Gasteiger partial charge on any atom is 0.119 e. The molecule has 0 saturated carbocycles. The standard InChI is InChI=1S/C18H32N2O/c1-3-5-12-20(13-6-4-2)14-7-15-21-18-10-8-17(16-19)9-11-18/h8-11H,3-7,12-16,19H2,1-2H3. The first-order valence-electron chi connectivity index (χ1n) is 8.44. The number of hydrogen-bond acceptors (Lipinski definition) is 3. The van der Waals surface area contributed by atoms with Crippen molar-refractivity contribution < 1.29 is 4.74 Å². The molecule has 0 spiro atoms. The lowest BCUT2D eigenvalue weighted by Crippen LogP contribution is -2.28. The summed E-state index contributed by atoms with van der Waals surface area (Å²) in [5.41, 5.74) is 6.73. The Labute approximate surface area is 130 Å². The molecule has 21 heavy (non-hydrogen) atoms. The van der Waals surface area contributed by atoms with E-state index in [1.54, 1.807) is 0 Å². The quantitative estimate of drug-likeness (QED) is 0.595. The molecule has 0 atom stereocenters. The van der Waals surface area contributed by atoms with Gasteiger partial charge in [-0.05, 0) is 50.0 Å². The Hall–Kier alpha value is -1.06. The summed E-state index contributed by atoms with van der Waals surface area (Å²) in [6, 6.07) is 8.08. The van der Waals surface area contributed by atoms with Gasteiger partial charge in [-0.2, -0.15) is 0 Å². The number of nitrogens with zero attached hydrogens (tertiary/aromatic N) is 1. The molecule has 0 amide bonds. The van der Waals surface area contributed by atoms with E-state index in [2.05, 4.69) is 18.7 Å². The van der Waals surface area contributed by atoms with Crippen LogP contribution in [0.3, 0.4) is 0 Å². The fourth-order valence-corrected chi connectivity index (χ4v) is 2.30. The maximum absolute atomic E-state index is 5.80. The van der Waals surface area contributed by atoms with Gasteiger partial charge in [-0.15, -0.1) is 0 Å². The molecule has 1 rings (SSSR count). The summed E-state index contributed by atoms with van der Waals surface area (Å²) >= 11 is 0. The van der Waals surface area contributed by atoms with Crippen LogP contribution in [-0.2, 0) is 6.54 Å². The van der Waals surface area contributed by atoms with Gasteiger partial charge in [-0.25, -0.2) is 0 Å². The van der Waals surface area contributed by atoms with Crippen molar-refractivity contribution in [1.29, 1.82) is 0 Å². The Morgan fingerprint density at radius 3 is 2.00 bits per heavy atom. The van der Waals surface area contributed by atoms with Crippen LogP contribution in [0, 0.1) is 0 Å². The summed E-state index contributed by atoms with van der Waals surface area (Å²) in [6.45, 7) is 9.48. The lowest BCUT2D eigenvalue weighted by molar-refractivity contribution is 0.229. The van der Waals surface area contributed by atoms with Crippen LogP contribution in [0.2, 0.25) is 0 Å². The van der Waals surface area contributed by atoms with Crippen molar-refractivity contribution in [2.75, 3.05) is 26.2 Å². The topological polar surface area (TPSA) is 38.5 Å². The molecular weight excluding hydrogens is 260 g/mol. The van der Waals surface area contributed by atoms with Crippen LogP contribution in [0.15, 0.2) is 24.3 Å². The highest BCUT2D eigenvalue weighted by atomic mass is 16.5. The van der Waals surface area contributed by atoms with Crippen LogP contribution in [0.25, 0.3) is 0 Å². The van der Waals surface area contributed by atoms with E-state index in [0.717, 1.165) is 30.9 Å². The van der Waals surface area contributed by atoms with Crippen molar-refractivity contribution >= 4 is 0 Å². The first-order valence-corrected chi connectivity index (χ1v) is 8.44. The summed E-state index contributed by atoms with van der Waals surface area (Å²) in [6.07, 6.45) is 6.22. The molecule has 0 aliphatic heterocycles. The van der Waals surface area contributed by atoms with Gasteiger partial charge in [0.15, 0.2) is 0 Å². The van der Waals surface area contributed by atoms with Gasteiger partial charge in [0.1, 0.15) is 5.75 Å². The second-order valence-electron chi connectivity index (χ2n) is 5.60. The zero-order valence-corrected chi connectivity index (χ0v) is 13.8. The Bertz CT molecular complexity index is 343. The van der Waals surface area contributed by atoms with Gasteiger partial charge < -0.3 is 15.4 Å². The Balaban J connectivity index is 2.22. The van der Waals surface area contributed by atoms with E-state index in [1.807, 2.05) is 24.3 Å². The minimum Gasteiger partial charge on any atom is -0.494 e. The number of unbranched alkanes of at least 4 members (excludes halogenated alkanes) is 2. The average Bonchev–Trinajstić information content (AvgIpc) is 2.53. The number of ether oxygens (including phenoxy) is 1. The zero-order chi connectivity index (χ0) is 15.3. The van der Waals surface area contributed by atoms with Crippen LogP contribution in [0.4, 0.5) is 0 Å². The van der Waals surface area contributed by atoms with E-state index >= 15 is 0 Å². The number of nitrogens with two attached hydrogens (primary N) is 1. The van der Waals surface area contributed by atoms with Gasteiger partial charge >= 0.3 is 0 Å². The normalized spacial score (nSPS) is 11.0. The first kappa shape index (κ1) is 18.0. The maximum atomic E-state index is 5.80. The van der Waals surface area contributed by atoms with Crippen LogP contribution in [0.5, 0.6) is 5.75 Å². The third-order valence-electron chi connectivity index (χ3n) is 3.70. The molecule has 0 saturated heterocycles. The molecular formula is C18H32N2O. The van der Waals surface area contributed by atoms with Crippen molar-refractivity contribution in [3.8, 4) is 5.75 Å². The number of hydrogen-bond donors (Lipinski definition) is 1. The van der Waals surface area contributed by atoms with Crippen LogP contribution in [-0.4, -0.2) is 31.1 Å². The molecule has 0 aliphatic carbocycles. The summed E-state index contributed by atoms with van der Waals surface area (Å²) in [5, 5.41) is 0. The predicted octanol–water partition coefficient (Wildman–Crippen LogP) is 3.82. The smallest absolute Gasteiger partial charge is 0.119 e. The van der Waals surface area contributed by atoms with Crippen LogP contribution in [0.1, 0.15) is 51.5 Å². The highest BCUT2D eigenvalue weighted by Gasteiger charge is 2.03. The van der Waals surface area contributed by atoms with Gasteiger partial charge in [0, 0.05) is 13.1 Å². The highest BCUT2D eigenvalue weighted by molar-refractivity contribution is 5.26. The highest BCUT2D eigenvalue weighted by Crippen LogP contribution is 2.12. The van der Waals surface area contributed by atoms with Gasteiger partial charge in [-0.1, -0.05) is 38.8 Å². The molecule has 0 radical (unpaired) electrons. The van der Waals surface area contributed by atoms with Crippen LogP contribution < -0.4 is 10.5 Å². The zero-order valence-electron chi connectivity index (χ0n) is 13.8. The minimum absolute atomic E-state index is 0.587. The largest absolute Gasteiger partial charge is 0.494 e. The summed E-state index contributed by atoms with van der Waals surface area (Å²) in [5.74, 6) is 0.945. The van der Waals surface area contributed by atoms with Gasteiger partial charge in [0.25, 0.3) is 0 Å². The van der Waals surface area contributed by atoms with Gasteiger partial charge in [0.05, 0.1) is 6.61 Å². The molecule has 3 heteroatoms. The molecule has 0 unspecified atom stereocenters. The van der Waals surface area contributed by atoms with E-state index in [9.17, 15) is 0 Å². The van der Waals surface area contributed by atoms with E-state index in [-0.39, 0.29) is 0 Å². The molecule has 0 bridgehead atoms. The first-order chi connectivity index (χ1) is 10.3. The van der Waals surface area contributed by atoms with Crippen molar-refractivity contribution in [2.24, 2.45) is 5.73 Å². The number of benzene rings is 1. The van der Waals surface area contributed by atoms with Crippen molar-refractivity contribution in [3.05, 3.63) is 29.8 Å². The van der Waals surface area contributed by atoms with Crippen molar-refractivity contribution in [2.45, 2.75) is 52.5 Å². The lowest BCUT2D eigenvalue weighted by Gasteiger charge is -2.21. The SMILES string of the molecule is CCCCN(CCCC)CCCOc1ccc(CN)cc1. The third-order valence-corrected chi connectivity index (χ3v) is 3.70. The second-order valence-corrected chi connectivity index (χ2v) is 5.60.